The summed E-state index contributed by atoms with van der Waals surface area (Å²) in [5.41, 5.74) is 1.85. The zero-order valence-corrected chi connectivity index (χ0v) is 16.6. The molecule has 0 saturated carbocycles. The van der Waals surface area contributed by atoms with Gasteiger partial charge in [0.1, 0.15) is 23.5 Å². The maximum atomic E-state index is 14.9. The first kappa shape index (κ1) is 19.8. The van der Waals surface area contributed by atoms with Gasteiger partial charge in [-0.05, 0) is 44.0 Å². The van der Waals surface area contributed by atoms with Crippen molar-refractivity contribution >= 4 is 11.6 Å². The fourth-order valence-electron chi connectivity index (χ4n) is 3.45. The molecule has 1 aromatic carbocycles. The second-order valence-corrected chi connectivity index (χ2v) is 7.33. The van der Waals surface area contributed by atoms with Gasteiger partial charge in [0, 0.05) is 18.5 Å². The zero-order valence-electron chi connectivity index (χ0n) is 16.6. The third-order valence-corrected chi connectivity index (χ3v) is 4.94. The Bertz CT molecular complexity index is 1050. The number of nitrogens with zero attached hydrogens (tertiary/aromatic N) is 4. The number of halogens is 1. The summed E-state index contributed by atoms with van der Waals surface area (Å²) in [7, 11) is 0. The maximum absolute atomic E-state index is 14.9. The van der Waals surface area contributed by atoms with E-state index in [-0.39, 0.29) is 11.5 Å². The maximum Gasteiger partial charge on any atom is 0.158 e. The number of ether oxygens (including phenoxy) is 1. The molecule has 30 heavy (non-hydrogen) atoms. The van der Waals surface area contributed by atoms with Crippen LogP contribution < -0.4 is 15.4 Å². The predicted molar refractivity (Wildman–Crippen MR) is 110 cm³/mol. The quantitative estimate of drug-likeness (QED) is 0.575. The second kappa shape index (κ2) is 8.88. The van der Waals surface area contributed by atoms with Crippen LogP contribution in [0.1, 0.15) is 24.1 Å². The molecule has 8 nitrogen and oxygen atoms in total. The molecule has 1 fully saturated rings. The summed E-state index contributed by atoms with van der Waals surface area (Å²) >= 11 is 0. The van der Waals surface area contributed by atoms with Crippen LogP contribution in [-0.2, 0) is 0 Å². The van der Waals surface area contributed by atoms with E-state index < -0.39 is 0 Å². The summed E-state index contributed by atoms with van der Waals surface area (Å²) in [6, 6.07) is 6.92. The van der Waals surface area contributed by atoms with E-state index in [0.29, 0.717) is 41.2 Å². The molecular formula is C21H22FN7O. The number of hydrogen-bond donors (Lipinski definition) is 3. The lowest BCUT2D eigenvalue weighted by Gasteiger charge is -2.23. The standard InChI is InChI=1S/C21H22FN7O/c1-13-5-16(22)21(18(6-13)30-12-14-3-2-4-24-9-14)17-7-19(29-28-17)27-20-11-25-15(8-23)10-26-20/h5-7,10-11,14,24H,2-4,9,12H2,1H3,(H2,26,27,28,29)/t14-/m0/s1. The monoisotopic (exact) mass is 407 g/mol. The average molecular weight is 407 g/mol. The summed E-state index contributed by atoms with van der Waals surface area (Å²) in [5, 5.41) is 22.2. The summed E-state index contributed by atoms with van der Waals surface area (Å²) in [4.78, 5) is 8.06. The van der Waals surface area contributed by atoms with E-state index in [0.717, 1.165) is 31.5 Å². The molecule has 0 spiro atoms. The number of aromatic amines is 1. The van der Waals surface area contributed by atoms with E-state index in [1.807, 2.05) is 19.1 Å². The molecule has 0 radical (unpaired) electrons. The number of piperidine rings is 1. The second-order valence-electron chi connectivity index (χ2n) is 7.33. The molecule has 9 heteroatoms. The minimum absolute atomic E-state index is 0.222. The van der Waals surface area contributed by atoms with Crippen LogP contribution >= 0.6 is 0 Å². The number of aryl methyl sites for hydroxylation is 1. The minimum Gasteiger partial charge on any atom is -0.492 e. The molecule has 0 aliphatic carbocycles. The van der Waals surface area contributed by atoms with Gasteiger partial charge in [-0.2, -0.15) is 10.4 Å². The van der Waals surface area contributed by atoms with Crippen LogP contribution in [0.15, 0.2) is 30.6 Å². The Labute approximate surface area is 173 Å². The average Bonchev–Trinajstić information content (AvgIpc) is 3.21. The molecule has 3 aromatic rings. The number of H-pyrrole nitrogens is 1. The number of nitrogens with one attached hydrogen (secondary N) is 3. The number of benzene rings is 1. The van der Waals surface area contributed by atoms with Crippen molar-refractivity contribution in [3.8, 4) is 23.1 Å². The van der Waals surface area contributed by atoms with Gasteiger partial charge >= 0.3 is 0 Å². The van der Waals surface area contributed by atoms with Crippen LogP contribution in [0.5, 0.6) is 5.75 Å². The first-order valence-corrected chi connectivity index (χ1v) is 9.81. The van der Waals surface area contributed by atoms with Gasteiger partial charge < -0.3 is 15.4 Å². The highest BCUT2D eigenvalue weighted by atomic mass is 19.1. The Kier molecular flexibility index (Phi) is 5.86. The molecule has 154 valence electrons. The van der Waals surface area contributed by atoms with Crippen molar-refractivity contribution in [3.63, 3.8) is 0 Å². The summed E-state index contributed by atoms with van der Waals surface area (Å²) in [6.45, 7) is 4.32. The fraction of sp³-hybridized carbons (Fsp3) is 0.333. The van der Waals surface area contributed by atoms with Crippen LogP contribution in [0.25, 0.3) is 11.3 Å². The highest BCUT2D eigenvalue weighted by molar-refractivity contribution is 5.71. The van der Waals surface area contributed by atoms with E-state index in [4.69, 9.17) is 10.00 Å². The number of nitriles is 1. The molecule has 1 aliphatic heterocycles. The Balaban J connectivity index is 1.54. The highest BCUT2D eigenvalue weighted by Gasteiger charge is 2.19. The van der Waals surface area contributed by atoms with Gasteiger partial charge in [-0.1, -0.05) is 0 Å². The van der Waals surface area contributed by atoms with Crippen LogP contribution in [0.2, 0.25) is 0 Å². The lowest BCUT2D eigenvalue weighted by atomic mass is 10.0. The molecule has 1 atom stereocenters. The highest BCUT2D eigenvalue weighted by Crippen LogP contribution is 2.34. The molecule has 1 saturated heterocycles. The summed E-state index contributed by atoms with van der Waals surface area (Å²) in [6.07, 6.45) is 5.02. The number of rotatable bonds is 6. The number of hydrogen-bond acceptors (Lipinski definition) is 7. The molecule has 0 amide bonds. The van der Waals surface area contributed by atoms with E-state index in [1.165, 1.54) is 18.5 Å². The van der Waals surface area contributed by atoms with Crippen LogP contribution in [0.3, 0.4) is 0 Å². The molecule has 0 bridgehead atoms. The van der Waals surface area contributed by atoms with Crippen LogP contribution in [0, 0.1) is 30.0 Å². The molecule has 3 N–H and O–H groups in total. The predicted octanol–water partition coefficient (Wildman–Crippen LogP) is 3.31. The lowest BCUT2D eigenvalue weighted by Crippen LogP contribution is -2.33. The van der Waals surface area contributed by atoms with Gasteiger partial charge in [0.05, 0.1) is 30.3 Å². The first-order chi connectivity index (χ1) is 14.6. The summed E-state index contributed by atoms with van der Waals surface area (Å²) in [5.74, 6) is 1.40. The van der Waals surface area contributed by atoms with Gasteiger partial charge in [0.25, 0.3) is 0 Å². The zero-order chi connectivity index (χ0) is 20.9. The topological polar surface area (TPSA) is 112 Å². The van der Waals surface area contributed by atoms with Crippen molar-refractivity contribution in [3.05, 3.63) is 47.7 Å². The van der Waals surface area contributed by atoms with E-state index in [1.54, 1.807) is 6.07 Å². The van der Waals surface area contributed by atoms with Crippen molar-refractivity contribution in [2.45, 2.75) is 19.8 Å². The number of anilines is 2. The van der Waals surface area contributed by atoms with E-state index in [9.17, 15) is 4.39 Å². The van der Waals surface area contributed by atoms with Crippen molar-refractivity contribution in [2.75, 3.05) is 25.0 Å². The molecular weight excluding hydrogens is 385 g/mol. The molecule has 2 aromatic heterocycles. The van der Waals surface area contributed by atoms with Gasteiger partial charge in [0.15, 0.2) is 11.5 Å². The fourth-order valence-corrected chi connectivity index (χ4v) is 3.45. The largest absolute Gasteiger partial charge is 0.492 e. The van der Waals surface area contributed by atoms with Gasteiger partial charge in [-0.15, -0.1) is 0 Å². The van der Waals surface area contributed by atoms with E-state index >= 15 is 0 Å². The summed E-state index contributed by atoms with van der Waals surface area (Å²) < 4.78 is 20.9. The van der Waals surface area contributed by atoms with E-state index in [2.05, 4.69) is 30.8 Å². The molecule has 3 heterocycles. The van der Waals surface area contributed by atoms with Gasteiger partial charge in [-0.3, -0.25) is 5.10 Å². The molecule has 0 unspecified atom stereocenters. The third kappa shape index (κ3) is 4.55. The van der Waals surface area contributed by atoms with Crippen molar-refractivity contribution < 1.29 is 9.13 Å². The van der Waals surface area contributed by atoms with Crippen molar-refractivity contribution in [1.29, 1.82) is 5.26 Å². The van der Waals surface area contributed by atoms with Gasteiger partial charge in [0.2, 0.25) is 0 Å². The Morgan fingerprint density at radius 2 is 2.17 bits per heavy atom. The molecule has 4 rings (SSSR count). The SMILES string of the molecule is Cc1cc(F)c(-c2cc(Nc3cnc(C#N)cn3)n[nH]2)c(OC[C@H]2CCCNC2)c1. The lowest BCUT2D eigenvalue weighted by molar-refractivity contribution is 0.218. The van der Waals surface area contributed by atoms with Crippen LogP contribution in [0.4, 0.5) is 16.0 Å². The molecule has 1 aliphatic rings. The van der Waals surface area contributed by atoms with Crippen molar-refractivity contribution in [1.82, 2.24) is 25.5 Å². The third-order valence-electron chi connectivity index (χ3n) is 4.94. The first-order valence-electron chi connectivity index (χ1n) is 9.81. The Hall–Kier alpha value is -3.51. The van der Waals surface area contributed by atoms with Crippen molar-refractivity contribution in [2.24, 2.45) is 5.92 Å². The Morgan fingerprint density at radius 3 is 2.90 bits per heavy atom. The number of aromatic nitrogens is 4. The van der Waals surface area contributed by atoms with Gasteiger partial charge in [-0.25, -0.2) is 14.4 Å². The Morgan fingerprint density at radius 1 is 1.27 bits per heavy atom. The minimum atomic E-state index is -0.375. The van der Waals surface area contributed by atoms with Crippen LogP contribution in [-0.4, -0.2) is 39.9 Å². The smallest absolute Gasteiger partial charge is 0.158 e. The normalized spacial score (nSPS) is 16.1.